The van der Waals surface area contributed by atoms with Gasteiger partial charge >= 0.3 is 11.9 Å². The number of amides is 3. The van der Waals surface area contributed by atoms with Crippen molar-refractivity contribution in [2.24, 2.45) is 0 Å². The second-order valence-corrected chi connectivity index (χ2v) is 15.0. The molecule has 3 heterocycles. The molecule has 0 N–H and O–H groups in total. The molecule has 3 aromatic rings. The van der Waals surface area contributed by atoms with Crippen LogP contribution in [0.25, 0.3) is 0 Å². The summed E-state index contributed by atoms with van der Waals surface area (Å²) < 4.78 is 3.04. The van der Waals surface area contributed by atoms with Crippen molar-refractivity contribution in [2.45, 2.75) is 91.9 Å². The van der Waals surface area contributed by atoms with Gasteiger partial charge in [0.2, 0.25) is 0 Å². The third-order valence-electron chi connectivity index (χ3n) is 11.4. The van der Waals surface area contributed by atoms with Gasteiger partial charge in [-0.3, -0.25) is 20.2 Å². The maximum atomic E-state index is 13.6. The fraction of sp³-hybridized carbons (Fsp3) is 0.488. The lowest BCUT2D eigenvalue weighted by atomic mass is 10.0. The van der Waals surface area contributed by atoms with Crippen LogP contribution in [-0.2, 0) is 31.0 Å². The smallest absolute Gasteiger partial charge is 0.316 e. The summed E-state index contributed by atoms with van der Waals surface area (Å²) in [5.74, 6) is -0.152. The molecule has 12 heteroatoms. The summed E-state index contributed by atoms with van der Waals surface area (Å²) in [6, 6.07) is 22.5. The van der Waals surface area contributed by atoms with E-state index in [9.17, 15) is 29.8 Å². The van der Waals surface area contributed by atoms with Crippen LogP contribution in [-0.4, -0.2) is 85.2 Å². The Morgan fingerprint density at radius 1 is 0.679 bits per heavy atom. The fourth-order valence-corrected chi connectivity index (χ4v) is 8.20. The Hall–Kier alpha value is -4.81. The summed E-state index contributed by atoms with van der Waals surface area (Å²) in [6.07, 6.45) is 5.18. The first-order valence-corrected chi connectivity index (χ1v) is 19.2. The first-order valence-electron chi connectivity index (χ1n) is 19.2. The maximum Gasteiger partial charge on any atom is 0.500 e. The van der Waals surface area contributed by atoms with E-state index in [-0.39, 0.29) is 39.6 Å². The number of fused-ring (bicyclic) bond motifs is 14. The molecule has 0 aliphatic carbocycles. The molecule has 2 atom stereocenters. The van der Waals surface area contributed by atoms with Crippen LogP contribution in [0.4, 0.5) is 16.2 Å². The van der Waals surface area contributed by atoms with E-state index in [1.807, 2.05) is 31.2 Å². The van der Waals surface area contributed by atoms with Crippen LogP contribution in [0.2, 0.25) is 0 Å². The number of nitrogens with zero attached hydrogens (tertiary/aromatic N) is 6. The van der Waals surface area contributed by atoms with Crippen LogP contribution in [0.5, 0.6) is 0 Å². The van der Waals surface area contributed by atoms with Gasteiger partial charge in [0.05, 0.1) is 66.0 Å². The minimum atomic E-state index is -0.303. The van der Waals surface area contributed by atoms with E-state index in [1.54, 1.807) is 28.8 Å². The highest BCUT2D eigenvalue weighted by Crippen LogP contribution is 2.29. The number of hydrogen-bond donors (Lipinski definition) is 0. The molecule has 4 bridgehead atoms. The maximum absolute atomic E-state index is 13.6. The number of carbonyl (C=O) groups excluding carboxylic acids is 2. The summed E-state index contributed by atoms with van der Waals surface area (Å²) in [5, 5.41) is 24.0. The summed E-state index contributed by atoms with van der Waals surface area (Å²) in [7, 11) is 0. The monoisotopic (exact) mass is 727 g/mol. The van der Waals surface area contributed by atoms with Crippen LogP contribution < -0.4 is 0 Å². The number of hydrogen-bond acceptors (Lipinski definition) is 6. The number of para-hydroxylation sites is 2. The van der Waals surface area contributed by atoms with Crippen molar-refractivity contribution in [3.05, 3.63) is 115 Å². The normalized spacial score (nSPS) is 22.4. The Labute approximate surface area is 312 Å². The number of carbonyl (C=O) groups is 2. The molecule has 3 amide bonds. The van der Waals surface area contributed by atoms with E-state index in [4.69, 9.17) is 0 Å². The Bertz CT molecular complexity index is 1830. The van der Waals surface area contributed by atoms with Gasteiger partial charge in [0.25, 0.3) is 11.4 Å². The van der Waals surface area contributed by atoms with Gasteiger partial charge in [-0.2, -0.15) is 14.3 Å². The van der Waals surface area contributed by atoms with Crippen LogP contribution in [0.1, 0.15) is 88.0 Å². The molecule has 3 aromatic carbocycles. The first kappa shape index (κ1) is 39.4. The Morgan fingerprint density at radius 3 is 1.62 bits per heavy atom. The number of quaternary nitrogens is 2. The lowest BCUT2D eigenvalue weighted by Gasteiger charge is -2.39. The van der Waals surface area contributed by atoms with E-state index in [0.29, 0.717) is 60.2 Å². The van der Waals surface area contributed by atoms with Gasteiger partial charge < -0.3 is 8.97 Å². The molecule has 6 rings (SSSR count). The van der Waals surface area contributed by atoms with Gasteiger partial charge in [-0.05, 0) is 71.4 Å². The van der Waals surface area contributed by atoms with Crippen molar-refractivity contribution in [3.63, 3.8) is 0 Å². The van der Waals surface area contributed by atoms with E-state index >= 15 is 0 Å². The minimum absolute atomic E-state index is 0.127. The SMILES string of the molecule is CC[N+]1(Cc2ccccc2[N+](=O)[O-])CCCCCN2C(=O)CC(C)=[N+](CCCCC[N+](CC)(Cc3ccccc3[N+](=O)[O-])Cc3ccc(cc3)C1)C2=O. The van der Waals surface area contributed by atoms with Gasteiger partial charge in [0, 0.05) is 23.3 Å². The number of benzene rings is 3. The molecule has 0 fully saturated rings. The lowest BCUT2D eigenvalue weighted by molar-refractivity contribution is -0.952. The van der Waals surface area contributed by atoms with Crippen molar-refractivity contribution in [2.75, 3.05) is 39.3 Å². The Kier molecular flexibility index (Phi) is 13.2. The molecule has 0 spiro atoms. The van der Waals surface area contributed by atoms with Crippen LogP contribution in [0, 0.1) is 20.2 Å². The van der Waals surface area contributed by atoms with Gasteiger partial charge in [-0.1, -0.05) is 48.5 Å². The number of urea groups is 1. The lowest BCUT2D eigenvalue weighted by Crippen LogP contribution is -2.50. The van der Waals surface area contributed by atoms with Crippen molar-refractivity contribution < 1.29 is 33.0 Å². The van der Waals surface area contributed by atoms with Crippen LogP contribution in [0.15, 0.2) is 72.8 Å². The molecule has 53 heavy (non-hydrogen) atoms. The van der Waals surface area contributed by atoms with Crippen molar-refractivity contribution in [3.8, 4) is 0 Å². The van der Waals surface area contributed by atoms with E-state index < -0.39 is 0 Å². The van der Waals surface area contributed by atoms with Crippen molar-refractivity contribution in [1.82, 2.24) is 4.90 Å². The predicted octanol–water partition coefficient (Wildman–Crippen LogP) is 7.76. The quantitative estimate of drug-likeness (QED) is 0.101. The molecule has 282 valence electrons. The molecule has 0 saturated carbocycles. The molecule has 0 radical (unpaired) electrons. The minimum Gasteiger partial charge on any atom is -0.316 e. The Morgan fingerprint density at radius 2 is 1.15 bits per heavy atom. The molecule has 0 saturated heterocycles. The molecule has 3 aliphatic heterocycles. The molecule has 12 nitrogen and oxygen atoms in total. The average molecular weight is 728 g/mol. The molecule has 0 aromatic heterocycles. The van der Waals surface area contributed by atoms with Crippen LogP contribution in [0.3, 0.4) is 0 Å². The molecule has 3 aliphatic rings. The summed E-state index contributed by atoms with van der Waals surface area (Å²) >= 11 is 0. The zero-order valence-electron chi connectivity index (χ0n) is 31.6. The average Bonchev–Trinajstić information content (AvgIpc) is 3.14. The first-order chi connectivity index (χ1) is 25.5. The van der Waals surface area contributed by atoms with Gasteiger partial charge in [-0.15, -0.1) is 0 Å². The highest BCUT2D eigenvalue weighted by atomic mass is 16.6. The molecular formula is C41H55N6O6+3. The topological polar surface area (TPSA) is 127 Å². The molecule has 2 unspecified atom stereocenters. The zero-order valence-corrected chi connectivity index (χ0v) is 31.6. The molecular weight excluding hydrogens is 672 g/mol. The second-order valence-electron chi connectivity index (χ2n) is 15.0. The Balaban J connectivity index is 1.49. The summed E-state index contributed by atoms with van der Waals surface area (Å²) in [5.41, 5.74) is 4.77. The number of rotatable bonds is 8. The van der Waals surface area contributed by atoms with E-state index in [1.165, 1.54) is 4.90 Å². The highest BCUT2D eigenvalue weighted by Gasteiger charge is 2.39. The van der Waals surface area contributed by atoms with Crippen LogP contribution >= 0.6 is 0 Å². The fourth-order valence-electron chi connectivity index (χ4n) is 8.20. The van der Waals surface area contributed by atoms with Crippen molar-refractivity contribution >= 4 is 29.0 Å². The highest BCUT2D eigenvalue weighted by molar-refractivity contribution is 6.07. The summed E-state index contributed by atoms with van der Waals surface area (Å²) in [4.78, 5) is 51.5. The van der Waals surface area contributed by atoms with Gasteiger partial charge in [0.1, 0.15) is 32.6 Å². The second kappa shape index (κ2) is 17.8. The zero-order chi connectivity index (χ0) is 38.0. The third-order valence-corrected chi connectivity index (χ3v) is 11.4. The number of nitro benzene ring substituents is 2. The summed E-state index contributed by atoms with van der Waals surface area (Å²) in [6.45, 7) is 12.7. The number of imide groups is 1. The van der Waals surface area contributed by atoms with Gasteiger partial charge in [-0.25, -0.2) is 4.79 Å². The van der Waals surface area contributed by atoms with E-state index in [2.05, 4.69) is 38.1 Å². The third kappa shape index (κ3) is 9.79. The number of nitro groups is 2. The predicted molar refractivity (Wildman–Crippen MR) is 204 cm³/mol. The van der Waals surface area contributed by atoms with E-state index in [0.717, 1.165) is 80.7 Å². The standard InChI is InChI=1S/C41H55N6O6/c1-4-46(31-36-16-8-10-18-38(36)44(50)51)26-14-6-12-24-42-33(3)28-40(48)43(41(42)49)25-13-7-15-27-47(5-2,30-35-22-20-34(29-46)21-23-35)32-37-17-9-11-19-39(37)45(52)53/h8-11,16-23H,4-7,12-15,24-32H2,1-3H3/q+3. The largest absolute Gasteiger partial charge is 0.500 e. The van der Waals surface area contributed by atoms with Gasteiger partial charge in [0.15, 0.2) is 0 Å². The van der Waals surface area contributed by atoms with Crippen molar-refractivity contribution in [1.29, 1.82) is 0 Å².